The Labute approximate surface area is 207 Å². The molecule has 0 aliphatic rings. The fourth-order valence-corrected chi connectivity index (χ4v) is 5.02. The van der Waals surface area contributed by atoms with E-state index in [0.29, 0.717) is 22.6 Å². The first-order valence-corrected chi connectivity index (χ1v) is 12.9. The number of hydrogen-bond donors (Lipinski definition) is 2. The summed E-state index contributed by atoms with van der Waals surface area (Å²) in [6.45, 7) is 1.17. The van der Waals surface area contributed by atoms with Crippen molar-refractivity contribution in [2.45, 2.75) is 11.8 Å². The van der Waals surface area contributed by atoms with Crippen LogP contribution in [0.4, 0.5) is 0 Å². The lowest BCUT2D eigenvalue weighted by atomic mass is 10.0. The lowest BCUT2D eigenvalue weighted by Crippen LogP contribution is -2.31. The SMILES string of the molecule is COc1cc(OC)c(-c2cccs2)cc1/C=C/C(=O)c1ccc(S(=O)(=O)NCC(C)C(=O)O)cc1. The molecule has 1 aromatic heterocycles. The number of carboxylic acids is 1. The molecule has 8 nitrogen and oxygen atoms in total. The van der Waals surface area contributed by atoms with Gasteiger partial charge in [-0.1, -0.05) is 13.0 Å². The zero-order valence-electron chi connectivity index (χ0n) is 19.3. The first kappa shape index (κ1) is 26.1. The van der Waals surface area contributed by atoms with Crippen molar-refractivity contribution in [2.24, 2.45) is 5.92 Å². The molecule has 1 unspecified atom stereocenters. The summed E-state index contributed by atoms with van der Waals surface area (Å²) in [7, 11) is -0.787. The van der Waals surface area contributed by atoms with Gasteiger partial charge in [-0.3, -0.25) is 9.59 Å². The largest absolute Gasteiger partial charge is 0.496 e. The monoisotopic (exact) mass is 515 g/mol. The van der Waals surface area contributed by atoms with Crippen LogP contribution in [0.5, 0.6) is 11.5 Å². The predicted octanol–water partition coefficient (Wildman–Crippen LogP) is 4.33. The minimum absolute atomic E-state index is 0.0620. The highest BCUT2D eigenvalue weighted by Gasteiger charge is 2.19. The zero-order valence-corrected chi connectivity index (χ0v) is 21.0. The van der Waals surface area contributed by atoms with Crippen molar-refractivity contribution in [3.8, 4) is 21.9 Å². The van der Waals surface area contributed by atoms with Gasteiger partial charge < -0.3 is 14.6 Å². The van der Waals surface area contributed by atoms with Crippen molar-refractivity contribution in [3.05, 3.63) is 71.1 Å². The third-order valence-electron chi connectivity index (χ3n) is 5.20. The Hall–Kier alpha value is -3.47. The summed E-state index contributed by atoms with van der Waals surface area (Å²) in [5.41, 5.74) is 1.85. The number of sulfonamides is 1. The number of thiophene rings is 1. The topological polar surface area (TPSA) is 119 Å². The number of ketones is 1. The number of carbonyl (C=O) groups excluding carboxylic acids is 1. The van der Waals surface area contributed by atoms with E-state index >= 15 is 0 Å². The molecule has 3 aromatic rings. The molecule has 3 rings (SSSR count). The average molecular weight is 516 g/mol. The van der Waals surface area contributed by atoms with Crippen LogP contribution in [-0.4, -0.2) is 46.0 Å². The van der Waals surface area contributed by atoms with Gasteiger partial charge in [-0.05, 0) is 53.9 Å². The van der Waals surface area contributed by atoms with Crippen LogP contribution >= 0.6 is 11.3 Å². The number of benzene rings is 2. The van der Waals surface area contributed by atoms with Gasteiger partial charge in [-0.25, -0.2) is 13.1 Å². The summed E-state index contributed by atoms with van der Waals surface area (Å²) >= 11 is 1.56. The molecule has 0 fully saturated rings. The van der Waals surface area contributed by atoms with Gasteiger partial charge in [0.15, 0.2) is 5.78 Å². The van der Waals surface area contributed by atoms with Crippen molar-refractivity contribution in [1.29, 1.82) is 0 Å². The van der Waals surface area contributed by atoms with E-state index < -0.39 is 21.9 Å². The van der Waals surface area contributed by atoms with Gasteiger partial charge in [0.2, 0.25) is 10.0 Å². The Bertz CT molecular complexity index is 1330. The summed E-state index contributed by atoms with van der Waals surface area (Å²) in [6.07, 6.45) is 3.02. The average Bonchev–Trinajstić information content (AvgIpc) is 3.40. The molecule has 0 bridgehead atoms. The molecule has 184 valence electrons. The molecule has 10 heteroatoms. The van der Waals surface area contributed by atoms with E-state index in [4.69, 9.17) is 14.6 Å². The normalized spacial score (nSPS) is 12.4. The molecule has 35 heavy (non-hydrogen) atoms. The summed E-state index contributed by atoms with van der Waals surface area (Å²) in [4.78, 5) is 24.6. The van der Waals surface area contributed by atoms with E-state index in [-0.39, 0.29) is 17.2 Å². The third-order valence-corrected chi connectivity index (χ3v) is 7.55. The predicted molar refractivity (Wildman–Crippen MR) is 135 cm³/mol. The Balaban J connectivity index is 1.80. The van der Waals surface area contributed by atoms with Crippen LogP contribution in [-0.2, 0) is 14.8 Å². The van der Waals surface area contributed by atoms with Gasteiger partial charge in [-0.2, -0.15) is 0 Å². The molecule has 0 spiro atoms. The standard InChI is InChI=1S/C25H25NO7S2/c1-16(25(28)29)15-26-35(30,31)19-9-6-17(7-10-19)21(27)11-8-18-13-20(24-5-4-12-34-24)23(33-3)14-22(18)32-2/h4-14,16,26H,15H2,1-3H3,(H,28,29)/b11-8+. The van der Waals surface area contributed by atoms with Crippen LogP contribution in [0, 0.1) is 5.92 Å². The molecule has 0 saturated heterocycles. The van der Waals surface area contributed by atoms with Crippen molar-refractivity contribution < 1.29 is 32.6 Å². The lowest BCUT2D eigenvalue weighted by Gasteiger charge is -2.12. The van der Waals surface area contributed by atoms with Crippen molar-refractivity contribution >= 4 is 39.2 Å². The maximum atomic E-state index is 12.7. The van der Waals surface area contributed by atoms with Gasteiger partial charge in [0, 0.05) is 34.2 Å². The van der Waals surface area contributed by atoms with E-state index in [1.165, 1.54) is 44.4 Å². The van der Waals surface area contributed by atoms with Gasteiger partial charge >= 0.3 is 5.97 Å². The third kappa shape index (κ3) is 6.36. The molecule has 2 N–H and O–H groups in total. The highest BCUT2D eigenvalue weighted by Crippen LogP contribution is 2.38. The molecule has 1 atom stereocenters. The summed E-state index contributed by atoms with van der Waals surface area (Å²) in [5.74, 6) is -1.11. The van der Waals surface area contributed by atoms with Crippen molar-refractivity contribution in [3.63, 3.8) is 0 Å². The Morgan fingerprint density at radius 1 is 1.09 bits per heavy atom. The minimum Gasteiger partial charge on any atom is -0.496 e. The fourth-order valence-electron chi connectivity index (χ4n) is 3.14. The highest BCUT2D eigenvalue weighted by atomic mass is 32.2. The quantitative estimate of drug-likeness (QED) is 0.288. The Kier molecular flexibility index (Phi) is 8.44. The van der Waals surface area contributed by atoms with E-state index in [1.807, 2.05) is 23.6 Å². The minimum atomic E-state index is -3.90. The first-order valence-electron chi connectivity index (χ1n) is 10.5. The van der Waals surface area contributed by atoms with Crippen LogP contribution in [0.3, 0.4) is 0 Å². The second-order valence-electron chi connectivity index (χ2n) is 7.58. The fraction of sp³-hybridized carbons (Fsp3) is 0.200. The smallest absolute Gasteiger partial charge is 0.307 e. The van der Waals surface area contributed by atoms with Crippen molar-refractivity contribution in [2.75, 3.05) is 20.8 Å². The van der Waals surface area contributed by atoms with Crippen LogP contribution in [0.1, 0.15) is 22.8 Å². The maximum absolute atomic E-state index is 12.7. The second-order valence-corrected chi connectivity index (χ2v) is 10.3. The van der Waals surface area contributed by atoms with Crippen molar-refractivity contribution in [1.82, 2.24) is 4.72 Å². The summed E-state index contributed by atoms with van der Waals surface area (Å²) in [6, 6.07) is 13.0. The van der Waals surface area contributed by atoms with Gasteiger partial charge in [0.25, 0.3) is 0 Å². The van der Waals surface area contributed by atoms with E-state index in [0.717, 1.165) is 10.4 Å². The maximum Gasteiger partial charge on any atom is 0.307 e. The van der Waals surface area contributed by atoms with Crippen LogP contribution in [0.25, 0.3) is 16.5 Å². The molecular weight excluding hydrogens is 490 g/mol. The number of allylic oxidation sites excluding steroid dienone is 1. The second kappa shape index (κ2) is 11.3. The zero-order chi connectivity index (χ0) is 25.6. The Morgan fingerprint density at radius 2 is 1.77 bits per heavy atom. The molecule has 0 radical (unpaired) electrons. The number of carbonyl (C=O) groups is 2. The number of hydrogen-bond acceptors (Lipinski definition) is 7. The first-order chi connectivity index (χ1) is 16.7. The number of carboxylic acid groups (broad SMARTS) is 1. The van der Waals surface area contributed by atoms with E-state index in [9.17, 15) is 18.0 Å². The van der Waals surface area contributed by atoms with E-state index in [2.05, 4.69) is 4.72 Å². The number of methoxy groups -OCH3 is 2. The molecule has 0 amide bonds. The molecule has 0 aliphatic carbocycles. The number of aliphatic carboxylic acids is 1. The number of nitrogens with one attached hydrogen (secondary N) is 1. The molecule has 0 saturated carbocycles. The molecule has 1 heterocycles. The number of ether oxygens (including phenoxy) is 2. The van der Waals surface area contributed by atoms with Crippen LogP contribution in [0.2, 0.25) is 0 Å². The molecule has 2 aromatic carbocycles. The van der Waals surface area contributed by atoms with Gasteiger partial charge in [0.1, 0.15) is 11.5 Å². The van der Waals surface area contributed by atoms with Gasteiger partial charge in [-0.15, -0.1) is 11.3 Å². The number of rotatable bonds is 11. The molecular formula is C25H25NO7S2. The highest BCUT2D eigenvalue weighted by molar-refractivity contribution is 7.89. The van der Waals surface area contributed by atoms with E-state index in [1.54, 1.807) is 30.6 Å². The summed E-state index contributed by atoms with van der Waals surface area (Å²) < 4.78 is 38.0. The van der Waals surface area contributed by atoms with Gasteiger partial charge in [0.05, 0.1) is 25.0 Å². The Morgan fingerprint density at radius 3 is 2.34 bits per heavy atom. The lowest BCUT2D eigenvalue weighted by molar-refractivity contribution is -0.140. The molecule has 0 aliphatic heterocycles. The van der Waals surface area contributed by atoms with Crippen LogP contribution < -0.4 is 14.2 Å². The summed E-state index contributed by atoms with van der Waals surface area (Å²) in [5, 5.41) is 10.9. The van der Waals surface area contributed by atoms with Crippen LogP contribution in [0.15, 0.2) is 64.9 Å².